The van der Waals surface area contributed by atoms with Crippen LogP contribution in [0.3, 0.4) is 0 Å². The van der Waals surface area contributed by atoms with Crippen LogP contribution in [0.1, 0.15) is 18.5 Å². The molecule has 0 aromatic carbocycles. The van der Waals surface area contributed by atoms with E-state index in [0.29, 0.717) is 11.7 Å². The van der Waals surface area contributed by atoms with Crippen LogP contribution in [0.15, 0.2) is 12.4 Å². The van der Waals surface area contributed by atoms with Crippen molar-refractivity contribution < 1.29 is 0 Å². The van der Waals surface area contributed by atoms with Gasteiger partial charge in [-0.2, -0.15) is 0 Å². The lowest BCUT2D eigenvalue weighted by Gasteiger charge is -2.09. The molecule has 1 heterocycles. The number of halogens is 1. The Hall–Kier alpha value is -0.670. The van der Waals surface area contributed by atoms with Crippen LogP contribution in [-0.2, 0) is 5.41 Å². The van der Waals surface area contributed by atoms with Crippen LogP contribution in [0.25, 0.3) is 0 Å². The minimum absolute atomic E-state index is 0.123. The zero-order valence-corrected chi connectivity index (χ0v) is 7.38. The smallest absolute Gasteiger partial charge is 0.147 e. The maximum absolute atomic E-state index is 5.64. The molecule has 3 nitrogen and oxygen atoms in total. The number of nitrogens with zero attached hydrogens (tertiary/aromatic N) is 2. The molecule has 64 valence electrons. The van der Waals surface area contributed by atoms with Crippen LogP contribution in [0.4, 0.5) is 0 Å². The lowest BCUT2D eigenvalue weighted by molar-refractivity contribution is 0.673. The standard InChI is InChI=1S/C8H10ClN3/c9-7-4-11-6(3-12-7)8(5-10)1-2-8/h3-4H,1-2,5,10H2. The third kappa shape index (κ3) is 1.19. The van der Waals surface area contributed by atoms with Gasteiger partial charge in [0.1, 0.15) is 5.15 Å². The van der Waals surface area contributed by atoms with Crippen molar-refractivity contribution in [2.75, 3.05) is 6.54 Å². The molecule has 1 fully saturated rings. The molecule has 1 saturated carbocycles. The average molecular weight is 184 g/mol. The van der Waals surface area contributed by atoms with Crippen molar-refractivity contribution in [1.82, 2.24) is 9.97 Å². The van der Waals surface area contributed by atoms with Gasteiger partial charge in [0.05, 0.1) is 18.1 Å². The Morgan fingerprint density at radius 1 is 1.42 bits per heavy atom. The van der Waals surface area contributed by atoms with Gasteiger partial charge in [0, 0.05) is 12.0 Å². The molecule has 0 amide bonds. The Kier molecular flexibility index (Phi) is 1.77. The van der Waals surface area contributed by atoms with Gasteiger partial charge in [-0.15, -0.1) is 0 Å². The van der Waals surface area contributed by atoms with E-state index in [-0.39, 0.29) is 5.41 Å². The van der Waals surface area contributed by atoms with Gasteiger partial charge in [0.25, 0.3) is 0 Å². The van der Waals surface area contributed by atoms with E-state index in [1.54, 1.807) is 12.4 Å². The molecule has 0 bridgehead atoms. The van der Waals surface area contributed by atoms with Crippen molar-refractivity contribution >= 4 is 11.6 Å². The fourth-order valence-electron chi connectivity index (χ4n) is 1.30. The van der Waals surface area contributed by atoms with E-state index in [9.17, 15) is 0 Å². The Morgan fingerprint density at radius 2 is 2.17 bits per heavy atom. The van der Waals surface area contributed by atoms with Crippen LogP contribution >= 0.6 is 11.6 Å². The van der Waals surface area contributed by atoms with Crippen LogP contribution in [0, 0.1) is 0 Å². The van der Waals surface area contributed by atoms with Crippen molar-refractivity contribution in [3.8, 4) is 0 Å². The van der Waals surface area contributed by atoms with E-state index in [1.807, 2.05) is 0 Å². The number of hydrogen-bond acceptors (Lipinski definition) is 3. The summed E-state index contributed by atoms with van der Waals surface area (Å²) in [5.74, 6) is 0. The van der Waals surface area contributed by atoms with E-state index < -0.39 is 0 Å². The molecule has 0 unspecified atom stereocenters. The summed E-state index contributed by atoms with van der Waals surface area (Å²) in [4.78, 5) is 8.19. The maximum atomic E-state index is 5.64. The fourth-order valence-corrected chi connectivity index (χ4v) is 1.40. The minimum Gasteiger partial charge on any atom is -0.330 e. The van der Waals surface area contributed by atoms with Gasteiger partial charge >= 0.3 is 0 Å². The van der Waals surface area contributed by atoms with Crippen LogP contribution in [0.2, 0.25) is 5.15 Å². The summed E-state index contributed by atoms with van der Waals surface area (Å²) in [6, 6.07) is 0. The molecule has 1 aliphatic carbocycles. The largest absolute Gasteiger partial charge is 0.330 e. The van der Waals surface area contributed by atoms with Crippen molar-refractivity contribution in [2.45, 2.75) is 18.3 Å². The van der Waals surface area contributed by atoms with Crippen LogP contribution < -0.4 is 5.73 Å². The van der Waals surface area contributed by atoms with Gasteiger partial charge in [0.2, 0.25) is 0 Å². The predicted molar refractivity (Wildman–Crippen MR) is 47.0 cm³/mol. The Bertz CT molecular complexity index is 279. The first-order valence-electron chi connectivity index (χ1n) is 3.95. The molecule has 4 heteroatoms. The second kappa shape index (κ2) is 2.68. The first kappa shape index (κ1) is 7.95. The molecule has 1 aromatic heterocycles. The summed E-state index contributed by atoms with van der Waals surface area (Å²) in [6.07, 6.45) is 5.55. The molecule has 2 N–H and O–H groups in total. The molecule has 1 aromatic rings. The average Bonchev–Trinajstić information content (AvgIpc) is 2.86. The summed E-state index contributed by atoms with van der Waals surface area (Å²) in [5.41, 5.74) is 6.74. The topological polar surface area (TPSA) is 51.8 Å². The summed E-state index contributed by atoms with van der Waals surface area (Å²) in [7, 11) is 0. The van der Waals surface area contributed by atoms with E-state index in [0.717, 1.165) is 18.5 Å². The van der Waals surface area contributed by atoms with Crippen molar-refractivity contribution in [3.05, 3.63) is 23.2 Å². The first-order chi connectivity index (χ1) is 5.77. The number of aromatic nitrogens is 2. The maximum Gasteiger partial charge on any atom is 0.147 e. The number of rotatable bonds is 2. The Labute approximate surface area is 76.0 Å². The van der Waals surface area contributed by atoms with Gasteiger partial charge in [-0.05, 0) is 12.8 Å². The quantitative estimate of drug-likeness (QED) is 0.748. The van der Waals surface area contributed by atoms with Gasteiger partial charge in [-0.25, -0.2) is 4.98 Å². The van der Waals surface area contributed by atoms with Crippen LogP contribution in [-0.4, -0.2) is 16.5 Å². The highest BCUT2D eigenvalue weighted by Crippen LogP contribution is 2.45. The fraction of sp³-hybridized carbons (Fsp3) is 0.500. The molecule has 12 heavy (non-hydrogen) atoms. The molecule has 2 rings (SSSR count). The molecule has 0 atom stereocenters. The molecule has 0 saturated heterocycles. The third-order valence-corrected chi connectivity index (χ3v) is 2.60. The third-order valence-electron chi connectivity index (χ3n) is 2.41. The molecular weight excluding hydrogens is 174 g/mol. The summed E-state index contributed by atoms with van der Waals surface area (Å²) < 4.78 is 0. The lowest BCUT2D eigenvalue weighted by Crippen LogP contribution is -2.21. The summed E-state index contributed by atoms with van der Waals surface area (Å²) in [6.45, 7) is 0.656. The highest BCUT2D eigenvalue weighted by Gasteiger charge is 2.44. The molecule has 0 spiro atoms. The van der Waals surface area contributed by atoms with Crippen LogP contribution in [0.5, 0.6) is 0 Å². The van der Waals surface area contributed by atoms with Gasteiger partial charge < -0.3 is 5.73 Å². The van der Waals surface area contributed by atoms with E-state index >= 15 is 0 Å². The molecular formula is C8H10ClN3. The number of hydrogen-bond donors (Lipinski definition) is 1. The Morgan fingerprint density at radius 3 is 2.58 bits per heavy atom. The normalized spacial score (nSPS) is 19.2. The molecule has 0 aliphatic heterocycles. The van der Waals surface area contributed by atoms with E-state index in [1.165, 1.54) is 0 Å². The second-order valence-corrected chi connectivity index (χ2v) is 3.60. The first-order valence-corrected chi connectivity index (χ1v) is 4.33. The van der Waals surface area contributed by atoms with Crippen molar-refractivity contribution in [3.63, 3.8) is 0 Å². The number of nitrogens with two attached hydrogens (primary N) is 1. The van der Waals surface area contributed by atoms with Gasteiger partial charge in [-0.3, -0.25) is 4.98 Å². The molecule has 0 radical (unpaired) electrons. The Balaban J connectivity index is 2.29. The predicted octanol–water partition coefficient (Wildman–Crippen LogP) is 1.12. The summed E-state index contributed by atoms with van der Waals surface area (Å²) in [5, 5.41) is 0.437. The van der Waals surface area contributed by atoms with Gasteiger partial charge in [-0.1, -0.05) is 11.6 Å². The monoisotopic (exact) mass is 183 g/mol. The van der Waals surface area contributed by atoms with E-state index in [4.69, 9.17) is 17.3 Å². The van der Waals surface area contributed by atoms with Crippen molar-refractivity contribution in [1.29, 1.82) is 0 Å². The lowest BCUT2D eigenvalue weighted by atomic mass is 10.0. The highest BCUT2D eigenvalue weighted by molar-refractivity contribution is 6.29. The minimum atomic E-state index is 0.123. The zero-order valence-electron chi connectivity index (χ0n) is 6.63. The van der Waals surface area contributed by atoms with Crippen molar-refractivity contribution in [2.24, 2.45) is 5.73 Å². The summed E-state index contributed by atoms with van der Waals surface area (Å²) >= 11 is 5.62. The van der Waals surface area contributed by atoms with Gasteiger partial charge in [0.15, 0.2) is 0 Å². The second-order valence-electron chi connectivity index (χ2n) is 3.21. The van der Waals surface area contributed by atoms with E-state index in [2.05, 4.69) is 9.97 Å². The highest BCUT2D eigenvalue weighted by atomic mass is 35.5. The SMILES string of the molecule is NCC1(c2cnc(Cl)cn2)CC1. The zero-order chi connectivity index (χ0) is 8.60. The molecule has 1 aliphatic rings.